The number of aromatic nitrogens is 1. The highest BCUT2D eigenvalue weighted by Gasteiger charge is 2.57. The zero-order valence-electron chi connectivity index (χ0n) is 25.2. The van der Waals surface area contributed by atoms with Gasteiger partial charge in [-0.25, -0.2) is 0 Å². The molecule has 1 heteroatoms. The van der Waals surface area contributed by atoms with Crippen molar-refractivity contribution in [3.8, 4) is 0 Å². The molecule has 1 fully saturated rings. The Balaban J connectivity index is 1.25. The molecule has 0 radical (unpaired) electrons. The van der Waals surface area contributed by atoms with Gasteiger partial charge in [0.15, 0.2) is 0 Å². The lowest BCUT2D eigenvalue weighted by Crippen LogP contribution is -2.12. The van der Waals surface area contributed by atoms with Gasteiger partial charge in [0, 0.05) is 27.0 Å². The Morgan fingerprint density at radius 1 is 0.500 bits per heavy atom. The molecule has 0 N–H and O–H groups in total. The van der Waals surface area contributed by atoms with Crippen LogP contribution in [0.15, 0.2) is 158 Å². The normalized spacial score (nSPS) is 19.3. The van der Waals surface area contributed by atoms with Crippen LogP contribution < -0.4 is 0 Å². The van der Waals surface area contributed by atoms with Gasteiger partial charge in [0.1, 0.15) is 0 Å². The van der Waals surface area contributed by atoms with Crippen LogP contribution in [0, 0.1) is 5.92 Å². The zero-order chi connectivity index (χ0) is 30.0. The van der Waals surface area contributed by atoms with Crippen molar-refractivity contribution in [2.45, 2.75) is 11.8 Å². The lowest BCUT2D eigenvalue weighted by atomic mass is 9.80. The number of allylic oxidation sites excluding steroid dienone is 4. The predicted molar refractivity (Wildman–Crippen MR) is 195 cm³/mol. The smallest absolute Gasteiger partial charge is 0.0620 e. The molecule has 7 aromatic carbocycles. The van der Waals surface area contributed by atoms with Gasteiger partial charge < -0.3 is 4.40 Å². The van der Waals surface area contributed by atoms with Gasteiger partial charge in [0.25, 0.3) is 0 Å². The number of fused-ring (bicyclic) bond motifs is 9. The standard InChI is InChI=1S/C45H29N/c1-3-11-28(12-4-1)34-23-36(41-27-45(41,26-34)35-17-5-2-6-18-35)33-21-39-37-19-29-13-7-9-15-31(29)24-42(37)46-43-25-32-16-10-8-14-30(32)20-38(43)40(22-33)44(39)46/h1-26,41H,27H2. The Bertz CT molecular complexity index is 2640. The molecule has 2 atom stereocenters. The molecule has 2 heterocycles. The lowest BCUT2D eigenvalue weighted by Gasteiger charge is -2.23. The number of nitrogens with zero attached hydrogens (tertiary/aromatic N) is 1. The van der Waals surface area contributed by atoms with Crippen LogP contribution in [0.3, 0.4) is 0 Å². The molecular weight excluding hydrogens is 555 g/mol. The zero-order valence-corrected chi connectivity index (χ0v) is 25.2. The summed E-state index contributed by atoms with van der Waals surface area (Å²) in [5.74, 6) is 0.457. The van der Waals surface area contributed by atoms with Gasteiger partial charge in [-0.2, -0.15) is 0 Å². The van der Waals surface area contributed by atoms with Crippen LogP contribution in [-0.4, -0.2) is 4.40 Å². The molecule has 0 spiro atoms. The predicted octanol–water partition coefficient (Wildman–Crippen LogP) is 11.6. The van der Waals surface area contributed by atoms with Crippen molar-refractivity contribution in [2.75, 3.05) is 0 Å². The summed E-state index contributed by atoms with van der Waals surface area (Å²) in [5, 5.41) is 10.5. The fraction of sp³-hybridized carbons (Fsp3) is 0.0667. The van der Waals surface area contributed by atoms with Crippen molar-refractivity contribution in [2.24, 2.45) is 5.92 Å². The maximum atomic E-state index is 2.56. The molecule has 0 bridgehead atoms. The molecule has 11 rings (SSSR count). The van der Waals surface area contributed by atoms with E-state index in [4.69, 9.17) is 0 Å². The lowest BCUT2D eigenvalue weighted by molar-refractivity contribution is 0.831. The topological polar surface area (TPSA) is 4.41 Å². The summed E-state index contributed by atoms with van der Waals surface area (Å²) in [7, 11) is 0. The first-order valence-corrected chi connectivity index (χ1v) is 16.4. The van der Waals surface area contributed by atoms with E-state index >= 15 is 0 Å². The van der Waals surface area contributed by atoms with Crippen molar-refractivity contribution in [1.29, 1.82) is 0 Å². The monoisotopic (exact) mass is 583 g/mol. The largest absolute Gasteiger partial charge is 0.308 e. The van der Waals surface area contributed by atoms with Gasteiger partial charge in [0.05, 0.1) is 16.6 Å². The highest BCUT2D eigenvalue weighted by atomic mass is 14.9. The molecule has 1 saturated carbocycles. The van der Waals surface area contributed by atoms with E-state index in [0.717, 1.165) is 6.42 Å². The van der Waals surface area contributed by atoms with Crippen LogP contribution in [-0.2, 0) is 5.41 Å². The van der Waals surface area contributed by atoms with Gasteiger partial charge >= 0.3 is 0 Å². The molecule has 9 aromatic rings. The summed E-state index contributed by atoms with van der Waals surface area (Å²) in [4.78, 5) is 0. The molecule has 46 heavy (non-hydrogen) atoms. The van der Waals surface area contributed by atoms with E-state index in [-0.39, 0.29) is 5.41 Å². The molecule has 2 aliphatic rings. The number of rotatable bonds is 3. The summed E-state index contributed by atoms with van der Waals surface area (Å²) in [6, 6.07) is 54.3. The number of benzene rings is 7. The molecule has 0 amide bonds. The van der Waals surface area contributed by atoms with Crippen LogP contribution in [0.4, 0.5) is 0 Å². The first kappa shape index (κ1) is 24.6. The summed E-state index contributed by atoms with van der Waals surface area (Å²) in [6.45, 7) is 0. The van der Waals surface area contributed by atoms with Gasteiger partial charge in [-0.3, -0.25) is 0 Å². The summed E-state index contributed by atoms with van der Waals surface area (Å²) < 4.78 is 2.54. The quantitative estimate of drug-likeness (QED) is 0.195. The number of hydrogen-bond acceptors (Lipinski definition) is 0. The fourth-order valence-corrected chi connectivity index (χ4v) is 8.73. The highest BCUT2D eigenvalue weighted by Crippen LogP contribution is 2.64. The van der Waals surface area contributed by atoms with Crippen LogP contribution in [0.5, 0.6) is 0 Å². The Morgan fingerprint density at radius 2 is 1.02 bits per heavy atom. The SMILES string of the molecule is C1=C(c2ccccc2)C=C(c2cc3c4cc5ccccc5cc4n4c5cc6ccccc6cc5c(c2)c34)C2CC12c1ccccc1. The summed E-state index contributed by atoms with van der Waals surface area (Å²) >= 11 is 0. The first-order valence-electron chi connectivity index (χ1n) is 16.4. The van der Waals surface area contributed by atoms with Crippen LogP contribution in [0.1, 0.15) is 23.1 Å². The Labute approximate surface area is 266 Å². The van der Waals surface area contributed by atoms with Crippen molar-refractivity contribution in [3.63, 3.8) is 0 Å². The second kappa shape index (κ2) is 8.74. The molecule has 214 valence electrons. The van der Waals surface area contributed by atoms with Crippen molar-refractivity contribution >= 4 is 70.8 Å². The maximum absolute atomic E-state index is 2.56. The fourth-order valence-electron chi connectivity index (χ4n) is 8.73. The molecule has 1 nitrogen and oxygen atoms in total. The van der Waals surface area contributed by atoms with Crippen molar-refractivity contribution in [3.05, 3.63) is 174 Å². The molecule has 2 unspecified atom stereocenters. The van der Waals surface area contributed by atoms with E-state index in [1.165, 1.54) is 87.5 Å². The molecule has 0 saturated heterocycles. The van der Waals surface area contributed by atoms with Gasteiger partial charge in [0.2, 0.25) is 0 Å². The second-order valence-corrected chi connectivity index (χ2v) is 13.4. The van der Waals surface area contributed by atoms with Crippen LogP contribution in [0.25, 0.3) is 70.8 Å². The van der Waals surface area contributed by atoms with Crippen LogP contribution in [0.2, 0.25) is 0 Å². The van der Waals surface area contributed by atoms with E-state index in [1.54, 1.807) is 0 Å². The van der Waals surface area contributed by atoms with Crippen LogP contribution >= 0.6 is 0 Å². The summed E-state index contributed by atoms with van der Waals surface area (Å²) in [6.07, 6.45) is 6.19. The van der Waals surface area contributed by atoms with Crippen molar-refractivity contribution < 1.29 is 0 Å². The second-order valence-electron chi connectivity index (χ2n) is 13.4. The molecular formula is C45H29N. The number of hydrogen-bond donors (Lipinski definition) is 0. The van der Waals surface area contributed by atoms with E-state index in [1.807, 2.05) is 0 Å². The maximum Gasteiger partial charge on any atom is 0.0620 e. The molecule has 2 aliphatic carbocycles. The minimum Gasteiger partial charge on any atom is -0.308 e. The highest BCUT2D eigenvalue weighted by molar-refractivity contribution is 6.26. The minimum atomic E-state index is 0.0319. The van der Waals surface area contributed by atoms with E-state index in [9.17, 15) is 0 Å². The van der Waals surface area contributed by atoms with E-state index in [2.05, 4.69) is 162 Å². The molecule has 0 aliphatic heterocycles. The third-order valence-corrected chi connectivity index (χ3v) is 11.0. The van der Waals surface area contributed by atoms with Crippen molar-refractivity contribution in [1.82, 2.24) is 4.40 Å². The molecule has 2 aromatic heterocycles. The van der Waals surface area contributed by atoms with E-state index in [0.29, 0.717) is 5.92 Å². The van der Waals surface area contributed by atoms with E-state index < -0.39 is 0 Å². The Morgan fingerprint density at radius 3 is 1.61 bits per heavy atom. The minimum absolute atomic E-state index is 0.0319. The third-order valence-electron chi connectivity index (χ3n) is 11.0. The first-order chi connectivity index (χ1) is 22.7. The van der Waals surface area contributed by atoms with Gasteiger partial charge in [-0.15, -0.1) is 0 Å². The Hall–Kier alpha value is -5.66. The van der Waals surface area contributed by atoms with Gasteiger partial charge in [-0.1, -0.05) is 121 Å². The third kappa shape index (κ3) is 3.25. The average Bonchev–Trinajstić information content (AvgIpc) is 3.69. The Kier molecular flexibility index (Phi) is 4.68. The summed E-state index contributed by atoms with van der Waals surface area (Å²) in [5.41, 5.74) is 10.8. The van der Waals surface area contributed by atoms with Gasteiger partial charge in [-0.05, 0) is 98.1 Å². The average molecular weight is 584 g/mol.